The third kappa shape index (κ3) is 4.36. The van der Waals surface area contributed by atoms with Gasteiger partial charge in [0.15, 0.2) is 22.8 Å². The molecule has 5 atom stereocenters. The number of phosphoric acid groups is 1. The lowest BCUT2D eigenvalue weighted by molar-refractivity contribution is -0.0667. The molecule has 0 aliphatic carbocycles. The molecule has 166 valence electrons. The number of nitrogens with two attached hydrogens (primary N) is 1. The molecule has 0 bridgehead atoms. The van der Waals surface area contributed by atoms with E-state index in [1.54, 1.807) is 22.7 Å². The fraction of sp³-hybridized carbons (Fsp3) is 0.706. The number of methoxy groups -OCH3 is 1. The average Bonchev–Trinajstić information content (AvgIpc) is 3.27. The molecule has 0 saturated carbocycles. The average molecular weight is 459 g/mol. The largest absolute Gasteiger partial charge is 0.472 e. The smallest absolute Gasteiger partial charge is 0.382 e. The number of nitrogens with zero attached hydrogens (tertiary/aromatic N) is 4. The highest BCUT2D eigenvalue weighted by Gasteiger charge is 2.53. The second-order valence-corrected chi connectivity index (χ2v) is 9.69. The van der Waals surface area contributed by atoms with Crippen molar-refractivity contribution in [1.82, 2.24) is 19.5 Å². The van der Waals surface area contributed by atoms with Crippen LogP contribution >= 0.6 is 19.6 Å². The molecule has 0 amide bonds. The van der Waals surface area contributed by atoms with Crippen LogP contribution < -0.4 is 5.73 Å². The summed E-state index contributed by atoms with van der Waals surface area (Å²) in [5, 5.41) is 0.571. The molecule has 4 rings (SSSR count). The van der Waals surface area contributed by atoms with E-state index >= 15 is 0 Å². The van der Waals surface area contributed by atoms with Crippen molar-refractivity contribution in [3.63, 3.8) is 0 Å². The van der Waals surface area contributed by atoms with Gasteiger partial charge in [-0.3, -0.25) is 13.6 Å². The van der Waals surface area contributed by atoms with Gasteiger partial charge >= 0.3 is 7.82 Å². The van der Waals surface area contributed by atoms with Gasteiger partial charge in [-0.15, -0.1) is 0 Å². The lowest BCUT2D eigenvalue weighted by Crippen LogP contribution is -2.40. The Morgan fingerprint density at radius 3 is 3.00 bits per heavy atom. The van der Waals surface area contributed by atoms with E-state index < -0.39 is 32.4 Å². The van der Waals surface area contributed by atoms with Gasteiger partial charge < -0.3 is 20.1 Å². The van der Waals surface area contributed by atoms with Crippen molar-refractivity contribution < 1.29 is 28.0 Å². The second kappa shape index (κ2) is 9.07. The predicted molar refractivity (Wildman–Crippen MR) is 110 cm³/mol. The van der Waals surface area contributed by atoms with E-state index in [2.05, 4.69) is 21.9 Å². The summed E-state index contributed by atoms with van der Waals surface area (Å²) < 4.78 is 35.2. The number of unbranched alkanes of at least 4 members (excludes halogenated alkanes) is 3. The van der Waals surface area contributed by atoms with Gasteiger partial charge in [0.2, 0.25) is 0 Å². The first-order chi connectivity index (χ1) is 14.4. The van der Waals surface area contributed by atoms with Crippen LogP contribution in [0, 0.1) is 0 Å². The molecule has 2 saturated heterocycles. The Balaban J connectivity index is 1.58. The molecule has 2 fully saturated rings. The number of aromatic nitrogens is 4. The number of phosphoric ester groups is 1. The molecule has 2 aromatic rings. The molecule has 11 nitrogen and oxygen atoms in total. The van der Waals surface area contributed by atoms with Crippen LogP contribution in [-0.4, -0.2) is 62.2 Å². The summed E-state index contributed by atoms with van der Waals surface area (Å²) in [4.78, 5) is 23.0. The van der Waals surface area contributed by atoms with E-state index in [4.69, 9.17) is 24.3 Å². The summed E-state index contributed by atoms with van der Waals surface area (Å²) in [6, 6.07) is 0. The lowest BCUT2D eigenvalue weighted by atomic mass is 10.1. The molecule has 0 aromatic carbocycles. The number of rotatable bonds is 8. The van der Waals surface area contributed by atoms with E-state index in [0.29, 0.717) is 22.1 Å². The van der Waals surface area contributed by atoms with Crippen molar-refractivity contribution in [2.75, 3.05) is 25.2 Å². The summed E-state index contributed by atoms with van der Waals surface area (Å²) in [5.41, 5.74) is 7.09. The maximum absolute atomic E-state index is 11.8. The number of anilines is 1. The number of ether oxygens (including phenoxy) is 2. The van der Waals surface area contributed by atoms with Gasteiger partial charge in [-0.1, -0.05) is 37.9 Å². The third-order valence-corrected chi connectivity index (χ3v) is 7.06. The lowest BCUT2D eigenvalue weighted by Gasteiger charge is -2.29. The van der Waals surface area contributed by atoms with Crippen molar-refractivity contribution in [3.8, 4) is 0 Å². The highest BCUT2D eigenvalue weighted by molar-refractivity contribution is 7.99. The zero-order chi connectivity index (χ0) is 21.3. The molecule has 2 aliphatic heterocycles. The molecular weight excluding hydrogens is 433 g/mol. The summed E-state index contributed by atoms with van der Waals surface area (Å²) in [6.45, 7) is 2.11. The Hall–Kier alpha value is -1.27. The number of nitrogen functional groups attached to an aromatic ring is 1. The fourth-order valence-corrected chi connectivity index (χ4v) is 5.46. The number of thioether (sulfide) groups is 1. The summed E-state index contributed by atoms with van der Waals surface area (Å²) in [7, 11) is -2.64. The zero-order valence-electron chi connectivity index (χ0n) is 16.8. The van der Waals surface area contributed by atoms with Crippen molar-refractivity contribution >= 4 is 36.6 Å². The molecule has 2 aromatic heterocycles. The minimum absolute atomic E-state index is 0.0720. The van der Waals surface area contributed by atoms with Crippen LogP contribution in [0.4, 0.5) is 5.82 Å². The van der Waals surface area contributed by atoms with Crippen molar-refractivity contribution in [2.24, 2.45) is 0 Å². The Kier molecular flexibility index (Phi) is 6.64. The van der Waals surface area contributed by atoms with Gasteiger partial charge in [0.25, 0.3) is 0 Å². The predicted octanol–water partition coefficient (Wildman–Crippen LogP) is 2.51. The van der Waals surface area contributed by atoms with Crippen LogP contribution in [0.1, 0.15) is 38.8 Å². The SMILES string of the molecule is CCCCCCSc1nc(N)c2ncn(C3OC4COP(=O)(O)OC4C3OC)c2n1. The van der Waals surface area contributed by atoms with Crippen molar-refractivity contribution in [2.45, 2.75) is 62.3 Å². The van der Waals surface area contributed by atoms with E-state index in [1.165, 1.54) is 26.4 Å². The number of hydrogen-bond donors (Lipinski definition) is 2. The Morgan fingerprint density at radius 2 is 2.23 bits per heavy atom. The van der Waals surface area contributed by atoms with Gasteiger partial charge in [0.05, 0.1) is 12.9 Å². The highest BCUT2D eigenvalue weighted by Crippen LogP contribution is 2.53. The Bertz CT molecular complexity index is 945. The van der Waals surface area contributed by atoms with Gasteiger partial charge in [0.1, 0.15) is 23.8 Å². The van der Waals surface area contributed by atoms with E-state index in [0.717, 1.165) is 12.2 Å². The number of imidazole rings is 1. The normalized spacial score (nSPS) is 31.3. The topological polar surface area (TPSA) is 144 Å². The molecule has 3 N–H and O–H groups in total. The molecule has 2 aliphatic rings. The Morgan fingerprint density at radius 1 is 1.40 bits per heavy atom. The Labute approximate surface area is 178 Å². The van der Waals surface area contributed by atoms with E-state index in [9.17, 15) is 9.46 Å². The van der Waals surface area contributed by atoms with Crippen LogP contribution in [-0.2, 0) is 23.1 Å². The van der Waals surface area contributed by atoms with Crippen LogP contribution in [0.2, 0.25) is 0 Å². The van der Waals surface area contributed by atoms with E-state index in [1.807, 2.05) is 0 Å². The van der Waals surface area contributed by atoms with Crippen LogP contribution in [0.5, 0.6) is 0 Å². The van der Waals surface area contributed by atoms with Gasteiger partial charge in [-0.25, -0.2) is 19.5 Å². The minimum Gasteiger partial charge on any atom is -0.382 e. The first-order valence-corrected chi connectivity index (χ1v) is 12.4. The van der Waals surface area contributed by atoms with Crippen molar-refractivity contribution in [1.29, 1.82) is 0 Å². The van der Waals surface area contributed by atoms with Gasteiger partial charge in [-0.2, -0.15) is 0 Å². The minimum atomic E-state index is -4.13. The molecular formula is C17H26N5O6PS. The monoisotopic (exact) mass is 459 g/mol. The molecule has 5 unspecified atom stereocenters. The van der Waals surface area contributed by atoms with Crippen LogP contribution in [0.3, 0.4) is 0 Å². The van der Waals surface area contributed by atoms with Crippen LogP contribution in [0.25, 0.3) is 11.2 Å². The highest BCUT2D eigenvalue weighted by atomic mass is 32.2. The molecule has 30 heavy (non-hydrogen) atoms. The zero-order valence-corrected chi connectivity index (χ0v) is 18.6. The first-order valence-electron chi connectivity index (χ1n) is 9.90. The van der Waals surface area contributed by atoms with Gasteiger partial charge in [0, 0.05) is 12.9 Å². The molecule has 4 heterocycles. The van der Waals surface area contributed by atoms with E-state index in [-0.39, 0.29) is 6.61 Å². The first kappa shape index (κ1) is 21.9. The number of hydrogen-bond acceptors (Lipinski definition) is 10. The van der Waals surface area contributed by atoms with Crippen molar-refractivity contribution in [3.05, 3.63) is 6.33 Å². The fourth-order valence-electron chi connectivity index (χ4n) is 3.66. The van der Waals surface area contributed by atoms with Gasteiger partial charge in [-0.05, 0) is 6.42 Å². The second-order valence-electron chi connectivity index (χ2n) is 7.22. The summed E-state index contributed by atoms with van der Waals surface area (Å²) >= 11 is 1.55. The summed E-state index contributed by atoms with van der Waals surface area (Å²) in [5.74, 6) is 1.19. The maximum atomic E-state index is 11.8. The number of fused-ring (bicyclic) bond motifs is 2. The molecule has 0 spiro atoms. The standard InChI is InChI=1S/C17H26N5O6PS/c1-3-4-5-6-7-30-17-20-14(18)11-15(21-17)22(9-19-11)16-13(25-2)12-10(27-16)8-26-29(23,24)28-12/h9-10,12-13,16H,3-8H2,1-2H3,(H,23,24)(H2,18,20,21). The quantitative estimate of drug-likeness (QED) is 0.260. The van der Waals surface area contributed by atoms with Crippen LogP contribution in [0.15, 0.2) is 11.5 Å². The maximum Gasteiger partial charge on any atom is 0.472 e. The summed E-state index contributed by atoms with van der Waals surface area (Å²) in [6.07, 6.45) is 3.56. The molecule has 13 heteroatoms. The third-order valence-electron chi connectivity index (χ3n) is 5.15. The molecule has 0 radical (unpaired) electrons.